The number of anilines is 2. The fourth-order valence-electron chi connectivity index (χ4n) is 2.81. The zero-order valence-corrected chi connectivity index (χ0v) is 18.1. The van der Waals surface area contributed by atoms with Crippen molar-refractivity contribution in [3.05, 3.63) is 89.5 Å². The van der Waals surface area contributed by atoms with Crippen molar-refractivity contribution in [1.29, 1.82) is 0 Å². The first-order chi connectivity index (χ1) is 14.3. The third-order valence-electron chi connectivity index (χ3n) is 4.40. The van der Waals surface area contributed by atoms with Crippen LogP contribution in [-0.2, 0) is 10.0 Å². The van der Waals surface area contributed by atoms with Gasteiger partial charge in [-0.2, -0.15) is 0 Å². The second-order valence-corrected chi connectivity index (χ2v) is 8.76. The van der Waals surface area contributed by atoms with E-state index in [0.717, 1.165) is 11.1 Å². The molecule has 3 aromatic carbocycles. The Kier molecular flexibility index (Phi) is 6.49. The lowest BCUT2D eigenvalue weighted by molar-refractivity contribution is 0.0977. The number of carbonyl (C=O) groups is 1. The predicted molar refractivity (Wildman–Crippen MR) is 123 cm³/mol. The van der Waals surface area contributed by atoms with E-state index < -0.39 is 10.0 Å². The van der Waals surface area contributed by atoms with Gasteiger partial charge in [-0.05, 0) is 73.6 Å². The third kappa shape index (κ3) is 5.22. The molecule has 3 rings (SSSR count). The lowest BCUT2D eigenvalue weighted by Crippen LogP contribution is -2.34. The monoisotopic (exact) mass is 439 g/mol. The van der Waals surface area contributed by atoms with Gasteiger partial charge >= 0.3 is 0 Å². The van der Waals surface area contributed by atoms with Gasteiger partial charge in [0.15, 0.2) is 5.11 Å². The Morgan fingerprint density at radius 3 is 2.03 bits per heavy atom. The van der Waals surface area contributed by atoms with E-state index in [1.807, 2.05) is 38.1 Å². The van der Waals surface area contributed by atoms with E-state index in [1.165, 1.54) is 12.1 Å². The summed E-state index contributed by atoms with van der Waals surface area (Å²) in [6.07, 6.45) is 0. The fraction of sp³-hybridized carbons (Fsp3) is 0.0909. The molecule has 1 amide bonds. The van der Waals surface area contributed by atoms with Gasteiger partial charge in [0.2, 0.25) is 0 Å². The van der Waals surface area contributed by atoms with Crippen molar-refractivity contribution in [2.75, 3.05) is 10.0 Å². The molecule has 0 aliphatic carbocycles. The standard InChI is InChI=1S/C22H21N3O3S2/c1-15-7-6-8-16(2)20(15)25-30(27,28)19-13-11-18(12-14-19)23-22(29)24-21(26)17-9-4-3-5-10-17/h3-14,25H,1-2H3,(H2,23,24,26,29). The molecule has 3 aromatic rings. The average molecular weight is 440 g/mol. The van der Waals surface area contributed by atoms with Crippen molar-refractivity contribution in [3.63, 3.8) is 0 Å². The van der Waals surface area contributed by atoms with Crippen LogP contribution in [0.2, 0.25) is 0 Å². The van der Waals surface area contributed by atoms with Crippen LogP contribution >= 0.6 is 12.2 Å². The summed E-state index contributed by atoms with van der Waals surface area (Å²) < 4.78 is 28.1. The Morgan fingerprint density at radius 2 is 1.43 bits per heavy atom. The van der Waals surface area contributed by atoms with Crippen LogP contribution in [0.25, 0.3) is 0 Å². The first-order valence-electron chi connectivity index (χ1n) is 9.13. The van der Waals surface area contributed by atoms with E-state index in [9.17, 15) is 13.2 Å². The zero-order chi connectivity index (χ0) is 21.7. The molecule has 0 aliphatic heterocycles. The van der Waals surface area contributed by atoms with Crippen LogP contribution in [0.4, 0.5) is 11.4 Å². The summed E-state index contributed by atoms with van der Waals surface area (Å²) in [5, 5.41) is 5.58. The van der Waals surface area contributed by atoms with E-state index in [-0.39, 0.29) is 15.9 Å². The summed E-state index contributed by atoms with van der Waals surface area (Å²) in [4.78, 5) is 12.3. The maximum Gasteiger partial charge on any atom is 0.261 e. The molecule has 0 unspecified atom stereocenters. The Morgan fingerprint density at radius 1 is 0.833 bits per heavy atom. The number of amides is 1. The van der Waals surface area contributed by atoms with Crippen LogP contribution in [0.15, 0.2) is 77.7 Å². The summed E-state index contributed by atoms with van der Waals surface area (Å²) in [5.74, 6) is -0.329. The van der Waals surface area contributed by atoms with Crippen LogP contribution < -0.4 is 15.4 Å². The van der Waals surface area contributed by atoms with E-state index in [2.05, 4.69) is 15.4 Å². The molecule has 0 aliphatic rings. The molecular weight excluding hydrogens is 418 g/mol. The van der Waals surface area contributed by atoms with Crippen molar-refractivity contribution in [2.24, 2.45) is 0 Å². The molecule has 6 nitrogen and oxygen atoms in total. The number of para-hydroxylation sites is 1. The van der Waals surface area contributed by atoms with Crippen molar-refractivity contribution in [1.82, 2.24) is 5.32 Å². The maximum atomic E-state index is 12.7. The van der Waals surface area contributed by atoms with E-state index >= 15 is 0 Å². The van der Waals surface area contributed by atoms with Crippen LogP contribution in [0.5, 0.6) is 0 Å². The number of nitrogens with one attached hydrogen (secondary N) is 3. The fourth-order valence-corrected chi connectivity index (χ4v) is 4.23. The number of thiocarbonyl (C=S) groups is 1. The summed E-state index contributed by atoms with van der Waals surface area (Å²) in [6.45, 7) is 3.70. The maximum absolute atomic E-state index is 12.7. The van der Waals surface area contributed by atoms with E-state index in [4.69, 9.17) is 12.2 Å². The van der Waals surface area contributed by atoms with Crippen molar-refractivity contribution in [3.8, 4) is 0 Å². The average Bonchev–Trinajstić information content (AvgIpc) is 2.72. The van der Waals surface area contributed by atoms with Gasteiger partial charge in [0, 0.05) is 11.3 Å². The largest absolute Gasteiger partial charge is 0.332 e. The van der Waals surface area contributed by atoms with Gasteiger partial charge in [-0.1, -0.05) is 36.4 Å². The molecule has 8 heteroatoms. The van der Waals surface area contributed by atoms with E-state index in [0.29, 0.717) is 16.9 Å². The lowest BCUT2D eigenvalue weighted by Gasteiger charge is -2.14. The molecule has 30 heavy (non-hydrogen) atoms. The van der Waals surface area contributed by atoms with Gasteiger partial charge in [0.05, 0.1) is 10.6 Å². The Balaban J connectivity index is 1.67. The zero-order valence-electron chi connectivity index (χ0n) is 16.5. The highest BCUT2D eigenvalue weighted by atomic mass is 32.2. The smallest absolute Gasteiger partial charge is 0.261 e. The van der Waals surface area contributed by atoms with Crippen molar-refractivity contribution >= 4 is 44.6 Å². The highest BCUT2D eigenvalue weighted by Gasteiger charge is 2.16. The van der Waals surface area contributed by atoms with Crippen molar-refractivity contribution < 1.29 is 13.2 Å². The minimum absolute atomic E-state index is 0.119. The second-order valence-electron chi connectivity index (χ2n) is 6.67. The number of aryl methyl sites for hydroxylation is 2. The highest BCUT2D eigenvalue weighted by molar-refractivity contribution is 7.92. The molecule has 0 heterocycles. The van der Waals surface area contributed by atoms with Crippen LogP contribution in [0, 0.1) is 13.8 Å². The second kappa shape index (κ2) is 9.06. The van der Waals surface area contributed by atoms with Gasteiger partial charge in [0.25, 0.3) is 15.9 Å². The molecule has 0 fully saturated rings. The molecule has 3 N–H and O–H groups in total. The SMILES string of the molecule is Cc1cccc(C)c1NS(=O)(=O)c1ccc(NC(=S)NC(=O)c2ccccc2)cc1. The number of carbonyl (C=O) groups excluding carboxylic acids is 1. The summed E-state index contributed by atoms with van der Waals surface area (Å²) in [7, 11) is -3.74. The van der Waals surface area contributed by atoms with Gasteiger partial charge < -0.3 is 5.32 Å². The predicted octanol–water partition coefficient (Wildman–Crippen LogP) is 4.23. The molecule has 0 saturated carbocycles. The van der Waals surface area contributed by atoms with Gasteiger partial charge in [-0.15, -0.1) is 0 Å². The molecule has 154 valence electrons. The minimum Gasteiger partial charge on any atom is -0.332 e. The summed E-state index contributed by atoms with van der Waals surface area (Å²) in [5.41, 5.74) is 3.30. The van der Waals surface area contributed by atoms with Gasteiger partial charge in [-0.25, -0.2) is 8.42 Å². The Bertz CT molecular complexity index is 1160. The lowest BCUT2D eigenvalue weighted by atomic mass is 10.1. The quantitative estimate of drug-likeness (QED) is 0.518. The number of benzene rings is 3. The van der Waals surface area contributed by atoms with Crippen LogP contribution in [-0.4, -0.2) is 19.4 Å². The normalized spacial score (nSPS) is 10.9. The topological polar surface area (TPSA) is 87.3 Å². The first kappa shape index (κ1) is 21.5. The molecule has 0 atom stereocenters. The van der Waals surface area contributed by atoms with Crippen LogP contribution in [0.1, 0.15) is 21.5 Å². The van der Waals surface area contributed by atoms with Crippen LogP contribution in [0.3, 0.4) is 0 Å². The van der Waals surface area contributed by atoms with Gasteiger partial charge in [-0.3, -0.25) is 14.8 Å². The van der Waals surface area contributed by atoms with E-state index in [1.54, 1.807) is 36.4 Å². The molecule has 0 aromatic heterocycles. The summed E-state index contributed by atoms with van der Waals surface area (Å²) in [6, 6.07) is 20.4. The summed E-state index contributed by atoms with van der Waals surface area (Å²) >= 11 is 5.16. The minimum atomic E-state index is -3.74. The third-order valence-corrected chi connectivity index (χ3v) is 5.97. The number of hydrogen-bond donors (Lipinski definition) is 3. The molecular formula is C22H21N3O3S2. The number of rotatable bonds is 5. The van der Waals surface area contributed by atoms with Crippen molar-refractivity contribution in [2.45, 2.75) is 18.7 Å². The first-order valence-corrected chi connectivity index (χ1v) is 11.0. The molecule has 0 saturated heterocycles. The van der Waals surface area contributed by atoms with Gasteiger partial charge in [0.1, 0.15) is 0 Å². The Labute approximate surface area is 181 Å². The number of sulfonamides is 1. The molecule has 0 spiro atoms. The number of hydrogen-bond acceptors (Lipinski definition) is 4. The molecule has 0 radical (unpaired) electrons. The molecule has 0 bridgehead atoms. The highest BCUT2D eigenvalue weighted by Crippen LogP contribution is 2.24. The Hall–Kier alpha value is -3.23.